The summed E-state index contributed by atoms with van der Waals surface area (Å²) in [7, 11) is 0. The van der Waals surface area contributed by atoms with Gasteiger partial charge in [-0.2, -0.15) is 0 Å². The maximum atomic E-state index is 11.3. The summed E-state index contributed by atoms with van der Waals surface area (Å²) < 4.78 is 7.41. The van der Waals surface area contributed by atoms with Crippen LogP contribution in [-0.4, -0.2) is 38.7 Å². The molecule has 0 bridgehead atoms. The van der Waals surface area contributed by atoms with Crippen LogP contribution >= 0.6 is 0 Å². The van der Waals surface area contributed by atoms with E-state index >= 15 is 0 Å². The molecule has 1 N–H and O–H groups in total. The minimum Gasteiger partial charge on any atom is -0.478 e. The molecule has 4 aromatic rings. The second kappa shape index (κ2) is 6.73. The van der Waals surface area contributed by atoms with E-state index in [1.54, 1.807) is 24.4 Å². The maximum absolute atomic E-state index is 11.3. The van der Waals surface area contributed by atoms with Gasteiger partial charge >= 0.3 is 5.97 Å². The monoisotopic (exact) mass is 373 g/mol. The van der Waals surface area contributed by atoms with E-state index < -0.39 is 5.97 Å². The van der Waals surface area contributed by atoms with Crippen molar-refractivity contribution in [2.45, 2.75) is 18.8 Å². The third-order valence-corrected chi connectivity index (χ3v) is 5.44. The van der Waals surface area contributed by atoms with Crippen LogP contribution in [0.25, 0.3) is 27.9 Å². The van der Waals surface area contributed by atoms with Crippen molar-refractivity contribution in [3.05, 3.63) is 66.0 Å². The molecule has 0 aliphatic carbocycles. The van der Waals surface area contributed by atoms with Gasteiger partial charge in [0.1, 0.15) is 5.69 Å². The highest BCUT2D eigenvalue weighted by molar-refractivity contribution is 5.94. The molecule has 0 radical (unpaired) electrons. The number of nitrogens with zero attached hydrogens (tertiary/aromatic N) is 3. The summed E-state index contributed by atoms with van der Waals surface area (Å²) >= 11 is 0. The molecule has 3 heterocycles. The number of carboxylic acid groups (broad SMARTS) is 1. The second-order valence-electron chi connectivity index (χ2n) is 7.10. The molecule has 1 saturated heterocycles. The van der Waals surface area contributed by atoms with Crippen molar-refractivity contribution in [2.24, 2.45) is 0 Å². The number of carbonyl (C=O) groups is 1. The number of benzene rings is 2. The Labute approximate surface area is 161 Å². The van der Waals surface area contributed by atoms with Gasteiger partial charge in [0.15, 0.2) is 5.65 Å². The smallest absolute Gasteiger partial charge is 0.335 e. The van der Waals surface area contributed by atoms with Gasteiger partial charge < -0.3 is 9.84 Å². The molecule has 2 aromatic carbocycles. The molecular weight excluding hydrogens is 354 g/mol. The standard InChI is InChI=1S/C22H19N3O3/c26-22(27)17-5-6-19-18(13-17)24-20(21-23-9-10-25(19)21)16-3-1-14(2-4-16)15-7-11-28-12-8-15/h1-6,9-10,13,15H,7-8,11-12H2,(H,26,27). The SMILES string of the molecule is O=C(O)c1ccc2c(c1)nc(-c1ccc(C3CCOCC3)cc1)c1nccn12. The van der Waals surface area contributed by atoms with Crippen LogP contribution in [0.3, 0.4) is 0 Å². The summed E-state index contributed by atoms with van der Waals surface area (Å²) in [6.07, 6.45) is 5.72. The van der Waals surface area contributed by atoms with Crippen LogP contribution in [0.1, 0.15) is 34.7 Å². The lowest BCUT2D eigenvalue weighted by molar-refractivity contribution is 0.0697. The molecule has 0 spiro atoms. The van der Waals surface area contributed by atoms with Gasteiger partial charge in [-0.25, -0.2) is 14.8 Å². The van der Waals surface area contributed by atoms with Crippen molar-refractivity contribution in [2.75, 3.05) is 13.2 Å². The lowest BCUT2D eigenvalue weighted by Crippen LogP contribution is -2.13. The molecule has 1 aliphatic rings. The van der Waals surface area contributed by atoms with Crippen LogP contribution < -0.4 is 0 Å². The molecule has 0 unspecified atom stereocenters. The van der Waals surface area contributed by atoms with E-state index in [4.69, 9.17) is 9.72 Å². The third-order valence-electron chi connectivity index (χ3n) is 5.44. The minimum atomic E-state index is -0.961. The van der Waals surface area contributed by atoms with Crippen molar-refractivity contribution in [3.63, 3.8) is 0 Å². The van der Waals surface area contributed by atoms with Crippen LogP contribution in [0.5, 0.6) is 0 Å². The Bertz CT molecular complexity index is 1180. The number of aromatic nitrogens is 3. The molecule has 28 heavy (non-hydrogen) atoms. The van der Waals surface area contributed by atoms with Gasteiger partial charge in [-0.15, -0.1) is 0 Å². The zero-order chi connectivity index (χ0) is 19.1. The molecule has 6 heteroatoms. The van der Waals surface area contributed by atoms with Gasteiger partial charge in [0.2, 0.25) is 0 Å². The van der Waals surface area contributed by atoms with Crippen molar-refractivity contribution in [3.8, 4) is 11.3 Å². The summed E-state index contributed by atoms with van der Waals surface area (Å²) in [6.45, 7) is 1.64. The Kier molecular flexibility index (Phi) is 4.06. The predicted octanol–water partition coefficient (Wildman–Crippen LogP) is 4.14. The molecule has 6 nitrogen and oxygen atoms in total. The minimum absolute atomic E-state index is 0.222. The van der Waals surface area contributed by atoms with E-state index in [2.05, 4.69) is 29.2 Å². The lowest BCUT2D eigenvalue weighted by Gasteiger charge is -2.22. The Balaban J connectivity index is 1.62. The van der Waals surface area contributed by atoms with Crippen LogP contribution in [0.15, 0.2) is 54.9 Å². The van der Waals surface area contributed by atoms with Gasteiger partial charge in [0.05, 0.1) is 16.6 Å². The average Bonchev–Trinajstić information content (AvgIpc) is 3.24. The van der Waals surface area contributed by atoms with Gasteiger partial charge in [0.25, 0.3) is 0 Å². The maximum Gasteiger partial charge on any atom is 0.335 e. The number of imidazole rings is 1. The molecule has 1 aliphatic heterocycles. The van der Waals surface area contributed by atoms with Crippen LogP contribution in [0.4, 0.5) is 0 Å². The molecule has 2 aromatic heterocycles. The van der Waals surface area contributed by atoms with Crippen molar-refractivity contribution >= 4 is 22.6 Å². The zero-order valence-corrected chi connectivity index (χ0v) is 15.2. The fourth-order valence-corrected chi connectivity index (χ4v) is 3.93. The molecule has 0 saturated carbocycles. The first-order valence-corrected chi connectivity index (χ1v) is 9.39. The van der Waals surface area contributed by atoms with E-state index in [1.165, 1.54) is 5.56 Å². The number of fused-ring (bicyclic) bond motifs is 3. The summed E-state index contributed by atoms with van der Waals surface area (Å²) in [5.74, 6) is -0.422. The highest BCUT2D eigenvalue weighted by Gasteiger charge is 2.17. The van der Waals surface area contributed by atoms with Crippen molar-refractivity contribution < 1.29 is 14.6 Å². The molecule has 0 atom stereocenters. The fourth-order valence-electron chi connectivity index (χ4n) is 3.93. The number of aromatic carboxylic acids is 1. The molecule has 1 fully saturated rings. The first kappa shape index (κ1) is 16.9. The van der Waals surface area contributed by atoms with E-state index in [-0.39, 0.29) is 5.56 Å². The van der Waals surface area contributed by atoms with Crippen molar-refractivity contribution in [1.29, 1.82) is 0 Å². The van der Waals surface area contributed by atoms with E-state index in [0.29, 0.717) is 11.4 Å². The molecule has 0 amide bonds. The quantitative estimate of drug-likeness (QED) is 0.584. The summed E-state index contributed by atoms with van der Waals surface area (Å²) in [5.41, 5.74) is 5.48. The van der Waals surface area contributed by atoms with E-state index in [0.717, 1.165) is 48.5 Å². The molecule has 5 rings (SSSR count). The van der Waals surface area contributed by atoms with Gasteiger partial charge in [-0.3, -0.25) is 4.40 Å². The highest BCUT2D eigenvalue weighted by Crippen LogP contribution is 2.30. The number of carboxylic acids is 1. The van der Waals surface area contributed by atoms with Gasteiger partial charge in [-0.05, 0) is 42.5 Å². The van der Waals surface area contributed by atoms with Gasteiger partial charge in [0, 0.05) is 31.2 Å². The summed E-state index contributed by atoms with van der Waals surface area (Å²) in [4.78, 5) is 20.6. The lowest BCUT2D eigenvalue weighted by atomic mass is 9.91. The third kappa shape index (κ3) is 2.82. The molecule has 140 valence electrons. The molecular formula is C22H19N3O3. The highest BCUT2D eigenvalue weighted by atomic mass is 16.5. The van der Waals surface area contributed by atoms with Crippen LogP contribution in [-0.2, 0) is 4.74 Å². The van der Waals surface area contributed by atoms with Crippen LogP contribution in [0, 0.1) is 0 Å². The largest absolute Gasteiger partial charge is 0.478 e. The first-order chi connectivity index (χ1) is 13.7. The predicted molar refractivity (Wildman–Crippen MR) is 106 cm³/mol. The Morgan fingerprint density at radius 3 is 2.64 bits per heavy atom. The van der Waals surface area contributed by atoms with Crippen molar-refractivity contribution in [1.82, 2.24) is 14.4 Å². The normalized spacial score (nSPS) is 15.3. The zero-order valence-electron chi connectivity index (χ0n) is 15.2. The summed E-state index contributed by atoms with van der Waals surface area (Å²) in [5, 5.41) is 9.30. The fraction of sp³-hybridized carbons (Fsp3) is 0.227. The second-order valence-corrected chi connectivity index (χ2v) is 7.10. The number of rotatable bonds is 3. The van der Waals surface area contributed by atoms with E-state index in [9.17, 15) is 9.90 Å². The Morgan fingerprint density at radius 2 is 1.89 bits per heavy atom. The number of hydrogen-bond donors (Lipinski definition) is 1. The van der Waals surface area contributed by atoms with E-state index in [1.807, 2.05) is 10.6 Å². The summed E-state index contributed by atoms with van der Waals surface area (Å²) in [6, 6.07) is 13.4. The topological polar surface area (TPSA) is 76.7 Å². The Hall–Kier alpha value is -3.25. The Morgan fingerprint density at radius 1 is 1.11 bits per heavy atom. The van der Waals surface area contributed by atoms with Crippen LogP contribution in [0.2, 0.25) is 0 Å². The average molecular weight is 373 g/mol. The van der Waals surface area contributed by atoms with Gasteiger partial charge in [-0.1, -0.05) is 24.3 Å². The number of ether oxygens (including phenoxy) is 1. The first-order valence-electron chi connectivity index (χ1n) is 9.39. The number of hydrogen-bond acceptors (Lipinski definition) is 4.